The second-order valence-corrected chi connectivity index (χ2v) is 8.49. The molecular weight excluding hydrogens is 360 g/mol. The Kier molecular flexibility index (Phi) is 4.19. The number of hydrogen-bond acceptors (Lipinski definition) is 4. The van der Waals surface area contributed by atoms with E-state index in [1.54, 1.807) is 20.4 Å². The van der Waals surface area contributed by atoms with Gasteiger partial charge in [0.2, 0.25) is 11.8 Å². The van der Waals surface area contributed by atoms with Crippen molar-refractivity contribution in [2.24, 2.45) is 13.0 Å². The Hall–Kier alpha value is -2.35. The van der Waals surface area contributed by atoms with E-state index >= 15 is 0 Å². The minimum atomic E-state index is -0.602. The van der Waals surface area contributed by atoms with Gasteiger partial charge in [0, 0.05) is 39.4 Å². The number of nitrogens with one attached hydrogen (secondary N) is 1. The second kappa shape index (κ2) is 6.62. The number of hydrogen-bond donors (Lipinski definition) is 1. The van der Waals surface area contributed by atoms with Crippen LogP contribution in [0.3, 0.4) is 0 Å². The molecule has 3 saturated heterocycles. The Morgan fingerprint density at radius 2 is 2.04 bits per heavy atom. The molecule has 28 heavy (non-hydrogen) atoms. The summed E-state index contributed by atoms with van der Waals surface area (Å²) in [5.41, 5.74) is 0.542. The SMILES string of the molecule is Cn1cccc1C(=O)NC1CCN2C(=O)C3CC(OCC4CC4)CN3C(=O)C12. The number of piperazine rings is 1. The highest BCUT2D eigenvalue weighted by Crippen LogP contribution is 2.35. The molecule has 3 aliphatic heterocycles. The van der Waals surface area contributed by atoms with E-state index < -0.39 is 12.1 Å². The average Bonchev–Trinajstić information content (AvgIpc) is 3.05. The van der Waals surface area contributed by atoms with Gasteiger partial charge in [-0.25, -0.2) is 0 Å². The van der Waals surface area contributed by atoms with Gasteiger partial charge in [-0.3, -0.25) is 14.4 Å². The summed E-state index contributed by atoms with van der Waals surface area (Å²) in [6.07, 6.45) is 5.37. The molecule has 0 spiro atoms. The number of aryl methyl sites for hydroxylation is 1. The first-order chi connectivity index (χ1) is 13.5. The van der Waals surface area contributed by atoms with Gasteiger partial charge in [0.1, 0.15) is 17.8 Å². The topological polar surface area (TPSA) is 83.9 Å². The van der Waals surface area contributed by atoms with E-state index in [1.807, 2.05) is 19.3 Å². The number of fused-ring (bicyclic) bond motifs is 2. The predicted molar refractivity (Wildman–Crippen MR) is 99.4 cm³/mol. The van der Waals surface area contributed by atoms with Crippen LogP contribution in [0.5, 0.6) is 0 Å². The molecule has 0 radical (unpaired) electrons. The lowest BCUT2D eigenvalue weighted by atomic mass is 10.0. The maximum Gasteiger partial charge on any atom is 0.268 e. The monoisotopic (exact) mass is 386 g/mol. The number of carbonyl (C=O) groups is 3. The van der Waals surface area contributed by atoms with Crippen molar-refractivity contribution in [1.29, 1.82) is 0 Å². The van der Waals surface area contributed by atoms with Crippen LogP contribution in [-0.2, 0) is 21.4 Å². The summed E-state index contributed by atoms with van der Waals surface area (Å²) in [6.45, 7) is 1.71. The molecule has 1 aliphatic carbocycles. The van der Waals surface area contributed by atoms with Gasteiger partial charge in [-0.05, 0) is 37.3 Å². The zero-order chi connectivity index (χ0) is 19.4. The zero-order valence-electron chi connectivity index (χ0n) is 16.0. The van der Waals surface area contributed by atoms with Crippen molar-refractivity contribution in [3.63, 3.8) is 0 Å². The largest absolute Gasteiger partial charge is 0.376 e. The molecule has 4 unspecified atom stereocenters. The number of ether oxygens (including phenoxy) is 1. The summed E-state index contributed by atoms with van der Waals surface area (Å²) < 4.78 is 7.70. The van der Waals surface area contributed by atoms with E-state index in [2.05, 4.69) is 5.32 Å². The van der Waals surface area contributed by atoms with Crippen LogP contribution in [0.1, 0.15) is 36.2 Å². The molecule has 5 rings (SSSR count). The first-order valence-corrected chi connectivity index (χ1v) is 10.2. The van der Waals surface area contributed by atoms with E-state index in [0.29, 0.717) is 37.5 Å². The zero-order valence-corrected chi connectivity index (χ0v) is 16.0. The number of rotatable bonds is 5. The summed E-state index contributed by atoms with van der Waals surface area (Å²) in [4.78, 5) is 42.2. The van der Waals surface area contributed by atoms with Gasteiger partial charge in [-0.15, -0.1) is 0 Å². The van der Waals surface area contributed by atoms with Crippen LogP contribution in [0.4, 0.5) is 0 Å². The van der Waals surface area contributed by atoms with Crippen molar-refractivity contribution in [2.45, 2.75) is 49.9 Å². The van der Waals surface area contributed by atoms with Crippen molar-refractivity contribution >= 4 is 17.7 Å². The van der Waals surface area contributed by atoms with E-state index in [-0.39, 0.29) is 29.9 Å². The fourth-order valence-electron chi connectivity index (χ4n) is 4.75. The van der Waals surface area contributed by atoms with Gasteiger partial charge in [-0.1, -0.05) is 0 Å². The van der Waals surface area contributed by atoms with Crippen LogP contribution in [0.15, 0.2) is 18.3 Å². The summed E-state index contributed by atoms with van der Waals surface area (Å²) in [6, 6.07) is 2.19. The molecule has 1 N–H and O–H groups in total. The van der Waals surface area contributed by atoms with E-state index in [4.69, 9.17) is 4.74 Å². The van der Waals surface area contributed by atoms with E-state index in [9.17, 15) is 14.4 Å². The highest BCUT2D eigenvalue weighted by atomic mass is 16.5. The Bertz CT molecular complexity index is 817. The molecule has 0 aromatic carbocycles. The number of amides is 3. The van der Waals surface area contributed by atoms with Crippen molar-refractivity contribution in [3.05, 3.63) is 24.0 Å². The minimum absolute atomic E-state index is 0.00209. The lowest BCUT2D eigenvalue weighted by molar-refractivity contribution is -0.157. The molecule has 4 atom stereocenters. The predicted octanol–water partition coefficient (Wildman–Crippen LogP) is 0.134. The lowest BCUT2D eigenvalue weighted by Crippen LogP contribution is -2.64. The maximum atomic E-state index is 13.2. The van der Waals surface area contributed by atoms with Crippen molar-refractivity contribution in [2.75, 3.05) is 19.7 Å². The van der Waals surface area contributed by atoms with Gasteiger partial charge in [-0.2, -0.15) is 0 Å². The molecule has 3 amide bonds. The maximum absolute atomic E-state index is 13.2. The summed E-state index contributed by atoms with van der Waals surface area (Å²) in [5, 5.41) is 2.98. The fraction of sp³-hybridized carbons (Fsp3) is 0.650. The normalized spacial score (nSPS) is 31.9. The van der Waals surface area contributed by atoms with Crippen LogP contribution in [0.25, 0.3) is 0 Å². The van der Waals surface area contributed by atoms with Crippen LogP contribution in [0, 0.1) is 5.92 Å². The first-order valence-electron chi connectivity index (χ1n) is 10.2. The molecule has 4 fully saturated rings. The second-order valence-electron chi connectivity index (χ2n) is 8.49. The molecule has 4 aliphatic rings. The fourth-order valence-corrected chi connectivity index (χ4v) is 4.75. The van der Waals surface area contributed by atoms with E-state index in [0.717, 1.165) is 6.61 Å². The number of aromatic nitrogens is 1. The van der Waals surface area contributed by atoms with Gasteiger partial charge >= 0.3 is 0 Å². The molecular formula is C20H26N4O4. The standard InChI is InChI=1S/C20H26N4O4/c1-22-7-2-3-15(22)18(25)21-14-6-8-23-17(14)20(27)24-10-13(9-16(24)19(23)26)28-11-12-4-5-12/h2-3,7,12-14,16-17H,4-6,8-11H2,1H3,(H,21,25). The Morgan fingerprint density at radius 3 is 2.75 bits per heavy atom. The van der Waals surface area contributed by atoms with Gasteiger partial charge in [0.05, 0.1) is 12.1 Å². The molecule has 1 saturated carbocycles. The molecule has 4 heterocycles. The quantitative estimate of drug-likeness (QED) is 0.780. The first kappa shape index (κ1) is 17.7. The molecule has 1 aromatic heterocycles. The molecule has 0 bridgehead atoms. The van der Waals surface area contributed by atoms with Crippen molar-refractivity contribution < 1.29 is 19.1 Å². The van der Waals surface area contributed by atoms with Crippen molar-refractivity contribution in [3.8, 4) is 0 Å². The lowest BCUT2D eigenvalue weighted by Gasteiger charge is -2.40. The molecule has 8 heteroatoms. The van der Waals surface area contributed by atoms with Crippen LogP contribution in [-0.4, -0.2) is 76.0 Å². The molecule has 8 nitrogen and oxygen atoms in total. The minimum Gasteiger partial charge on any atom is -0.376 e. The van der Waals surface area contributed by atoms with E-state index in [1.165, 1.54) is 12.8 Å². The van der Waals surface area contributed by atoms with Gasteiger partial charge < -0.3 is 24.4 Å². The molecule has 1 aromatic rings. The smallest absolute Gasteiger partial charge is 0.268 e. The van der Waals surface area contributed by atoms with Crippen molar-refractivity contribution in [1.82, 2.24) is 19.7 Å². The van der Waals surface area contributed by atoms with Crippen LogP contribution >= 0.6 is 0 Å². The highest BCUT2D eigenvalue weighted by molar-refractivity contribution is 5.99. The van der Waals surface area contributed by atoms with Crippen LogP contribution in [0.2, 0.25) is 0 Å². The molecule has 150 valence electrons. The Labute approximate surface area is 163 Å². The van der Waals surface area contributed by atoms with Gasteiger partial charge in [0.15, 0.2) is 0 Å². The number of carbonyl (C=O) groups excluding carboxylic acids is 3. The Morgan fingerprint density at radius 1 is 1.21 bits per heavy atom. The van der Waals surface area contributed by atoms with Gasteiger partial charge in [0.25, 0.3) is 5.91 Å². The average molecular weight is 386 g/mol. The summed E-state index contributed by atoms with van der Waals surface area (Å²) in [7, 11) is 1.81. The number of nitrogens with zero attached hydrogens (tertiary/aromatic N) is 3. The Balaban J connectivity index is 1.29. The summed E-state index contributed by atoms with van der Waals surface area (Å²) in [5.74, 6) is 0.382. The third-order valence-electron chi connectivity index (χ3n) is 6.52. The third kappa shape index (κ3) is 2.90. The third-order valence-corrected chi connectivity index (χ3v) is 6.52. The highest BCUT2D eigenvalue weighted by Gasteiger charge is 2.55. The summed E-state index contributed by atoms with van der Waals surface area (Å²) >= 11 is 0. The van der Waals surface area contributed by atoms with Crippen LogP contribution < -0.4 is 5.32 Å².